The van der Waals surface area contributed by atoms with E-state index in [4.69, 9.17) is 0 Å². The molecule has 2 amide bonds. The van der Waals surface area contributed by atoms with E-state index >= 15 is 0 Å². The average molecular weight is 300 g/mol. The van der Waals surface area contributed by atoms with Crippen molar-refractivity contribution in [2.75, 3.05) is 5.32 Å². The van der Waals surface area contributed by atoms with Gasteiger partial charge in [0, 0.05) is 6.04 Å². The van der Waals surface area contributed by atoms with Crippen LogP contribution in [0.5, 0.6) is 0 Å². The summed E-state index contributed by atoms with van der Waals surface area (Å²) < 4.78 is 0. The van der Waals surface area contributed by atoms with Crippen molar-refractivity contribution < 1.29 is 9.59 Å². The van der Waals surface area contributed by atoms with Crippen molar-refractivity contribution >= 4 is 28.8 Å². The topological polar surface area (TPSA) is 58.2 Å². The van der Waals surface area contributed by atoms with Crippen LogP contribution in [-0.2, 0) is 0 Å². The lowest BCUT2D eigenvalue weighted by atomic mass is 10.1. The largest absolute Gasteiger partial charge is 0.349 e. The number of thiophene rings is 1. The summed E-state index contributed by atoms with van der Waals surface area (Å²) >= 11 is 1.40. The molecule has 0 bridgehead atoms. The number of carbonyl (C=O) groups excluding carboxylic acids is 2. The molecule has 2 N–H and O–H groups in total. The molecule has 108 valence electrons. The summed E-state index contributed by atoms with van der Waals surface area (Å²) in [7, 11) is 0. The highest BCUT2D eigenvalue weighted by Gasteiger charge is 2.25. The van der Waals surface area contributed by atoms with Gasteiger partial charge in [0.1, 0.15) is 0 Å². The molecule has 1 aromatic carbocycles. The van der Waals surface area contributed by atoms with Crippen molar-refractivity contribution in [1.82, 2.24) is 5.32 Å². The molecule has 1 saturated carbocycles. The van der Waals surface area contributed by atoms with Gasteiger partial charge < -0.3 is 10.6 Å². The van der Waals surface area contributed by atoms with Crippen LogP contribution in [0.4, 0.5) is 5.69 Å². The Kier molecular flexibility index (Phi) is 3.75. The van der Waals surface area contributed by atoms with Crippen molar-refractivity contribution in [2.24, 2.45) is 0 Å². The Morgan fingerprint density at radius 2 is 1.90 bits per heavy atom. The molecule has 0 aliphatic heterocycles. The quantitative estimate of drug-likeness (QED) is 0.911. The van der Waals surface area contributed by atoms with Gasteiger partial charge in [0.2, 0.25) is 0 Å². The van der Waals surface area contributed by atoms with Crippen molar-refractivity contribution in [1.29, 1.82) is 0 Å². The molecule has 1 aliphatic rings. The van der Waals surface area contributed by atoms with Crippen LogP contribution in [-0.4, -0.2) is 17.9 Å². The van der Waals surface area contributed by atoms with Gasteiger partial charge in [0.15, 0.2) is 0 Å². The van der Waals surface area contributed by atoms with Crippen LogP contribution in [0.2, 0.25) is 0 Å². The SMILES string of the molecule is Cc1ccsc1C(=O)Nc1ccccc1C(=O)NC1CC1. The minimum atomic E-state index is -0.172. The molecule has 1 heterocycles. The van der Waals surface area contributed by atoms with E-state index in [-0.39, 0.29) is 11.8 Å². The third kappa shape index (κ3) is 3.13. The first-order valence-corrected chi connectivity index (χ1v) is 7.78. The van der Waals surface area contributed by atoms with Gasteiger partial charge in [-0.05, 0) is 48.9 Å². The maximum absolute atomic E-state index is 12.3. The number of carbonyl (C=O) groups is 2. The molecule has 4 nitrogen and oxygen atoms in total. The Balaban J connectivity index is 1.80. The second-order valence-corrected chi connectivity index (χ2v) is 6.10. The van der Waals surface area contributed by atoms with Crippen molar-refractivity contribution in [3.63, 3.8) is 0 Å². The summed E-state index contributed by atoms with van der Waals surface area (Å²) in [6.45, 7) is 1.90. The number of aryl methyl sites for hydroxylation is 1. The van der Waals surface area contributed by atoms with E-state index in [0.717, 1.165) is 18.4 Å². The van der Waals surface area contributed by atoms with Gasteiger partial charge in [-0.25, -0.2) is 0 Å². The summed E-state index contributed by atoms with van der Waals surface area (Å²) in [5.74, 6) is -0.300. The Bertz CT molecular complexity index is 689. The molecular weight excluding hydrogens is 284 g/mol. The van der Waals surface area contributed by atoms with Gasteiger partial charge >= 0.3 is 0 Å². The van der Waals surface area contributed by atoms with Crippen molar-refractivity contribution in [2.45, 2.75) is 25.8 Å². The molecule has 5 heteroatoms. The zero-order chi connectivity index (χ0) is 14.8. The van der Waals surface area contributed by atoms with Gasteiger partial charge in [-0.1, -0.05) is 12.1 Å². The molecule has 0 saturated heterocycles. The molecule has 3 rings (SSSR count). The maximum atomic E-state index is 12.3. The molecule has 1 aromatic heterocycles. The molecule has 21 heavy (non-hydrogen) atoms. The number of anilines is 1. The highest BCUT2D eigenvalue weighted by atomic mass is 32.1. The highest BCUT2D eigenvalue weighted by Crippen LogP contribution is 2.23. The van der Waals surface area contributed by atoms with E-state index < -0.39 is 0 Å². The van der Waals surface area contributed by atoms with Gasteiger partial charge in [-0.15, -0.1) is 11.3 Å². The first kappa shape index (κ1) is 13.8. The second-order valence-electron chi connectivity index (χ2n) is 5.18. The summed E-state index contributed by atoms with van der Waals surface area (Å²) in [5.41, 5.74) is 2.00. The normalized spacial score (nSPS) is 13.8. The number of nitrogens with one attached hydrogen (secondary N) is 2. The predicted molar refractivity (Wildman–Crippen MR) is 83.9 cm³/mol. The zero-order valence-corrected chi connectivity index (χ0v) is 12.5. The smallest absolute Gasteiger partial charge is 0.266 e. The number of hydrogen-bond donors (Lipinski definition) is 2. The van der Waals surface area contributed by atoms with E-state index in [0.29, 0.717) is 22.2 Å². The highest BCUT2D eigenvalue weighted by molar-refractivity contribution is 7.12. The van der Waals surface area contributed by atoms with E-state index in [2.05, 4.69) is 10.6 Å². The zero-order valence-electron chi connectivity index (χ0n) is 11.7. The van der Waals surface area contributed by atoms with Crippen LogP contribution in [0.1, 0.15) is 38.4 Å². The number of rotatable bonds is 4. The summed E-state index contributed by atoms with van der Waals surface area (Å²) in [4.78, 5) is 25.1. The minimum Gasteiger partial charge on any atom is -0.349 e. The lowest BCUT2D eigenvalue weighted by Crippen LogP contribution is -2.26. The lowest BCUT2D eigenvalue weighted by molar-refractivity contribution is 0.0952. The number of benzene rings is 1. The van der Waals surface area contributed by atoms with Crippen LogP contribution >= 0.6 is 11.3 Å². The van der Waals surface area contributed by atoms with Crippen LogP contribution in [0.15, 0.2) is 35.7 Å². The maximum Gasteiger partial charge on any atom is 0.266 e. The molecule has 0 unspecified atom stereocenters. The third-order valence-corrected chi connectivity index (χ3v) is 4.42. The van der Waals surface area contributed by atoms with Gasteiger partial charge in [-0.2, -0.15) is 0 Å². The Morgan fingerprint density at radius 3 is 2.57 bits per heavy atom. The van der Waals surface area contributed by atoms with Crippen molar-refractivity contribution in [3.8, 4) is 0 Å². The summed E-state index contributed by atoms with van der Waals surface area (Å²) in [6, 6.07) is 9.29. The monoisotopic (exact) mass is 300 g/mol. The number of amides is 2. The number of hydrogen-bond acceptors (Lipinski definition) is 3. The molecule has 0 atom stereocenters. The van der Waals surface area contributed by atoms with Gasteiger partial charge in [-0.3, -0.25) is 9.59 Å². The molecule has 1 aliphatic carbocycles. The summed E-state index contributed by atoms with van der Waals surface area (Å²) in [5, 5.41) is 7.67. The Hall–Kier alpha value is -2.14. The second kappa shape index (κ2) is 5.69. The van der Waals surface area contributed by atoms with Crippen LogP contribution < -0.4 is 10.6 Å². The average Bonchev–Trinajstić information content (AvgIpc) is 3.17. The third-order valence-electron chi connectivity index (χ3n) is 3.40. The van der Waals surface area contributed by atoms with Crippen LogP contribution in [0.25, 0.3) is 0 Å². The summed E-state index contributed by atoms with van der Waals surface area (Å²) in [6.07, 6.45) is 2.07. The predicted octanol–water partition coefficient (Wildman–Crippen LogP) is 3.20. The first-order valence-electron chi connectivity index (χ1n) is 6.90. The van der Waals surface area contributed by atoms with Crippen molar-refractivity contribution in [3.05, 3.63) is 51.7 Å². The van der Waals surface area contributed by atoms with Gasteiger partial charge in [0.25, 0.3) is 11.8 Å². The fourth-order valence-electron chi connectivity index (χ4n) is 2.07. The van der Waals surface area contributed by atoms with E-state index in [1.54, 1.807) is 18.2 Å². The molecule has 1 fully saturated rings. The number of para-hydroxylation sites is 1. The Labute approximate surface area is 127 Å². The fraction of sp³-hybridized carbons (Fsp3) is 0.250. The standard InChI is InChI=1S/C16H16N2O2S/c1-10-8-9-21-14(10)16(20)18-13-5-3-2-4-12(13)15(19)17-11-6-7-11/h2-5,8-9,11H,6-7H2,1H3,(H,17,19)(H,18,20). The molecule has 2 aromatic rings. The van der Waals surface area contributed by atoms with Crippen LogP contribution in [0, 0.1) is 6.92 Å². The first-order chi connectivity index (χ1) is 10.1. The Morgan fingerprint density at radius 1 is 1.14 bits per heavy atom. The molecule has 0 spiro atoms. The fourth-order valence-corrected chi connectivity index (χ4v) is 2.89. The molecular formula is C16H16N2O2S. The van der Waals surface area contributed by atoms with E-state index in [9.17, 15) is 9.59 Å². The minimum absolute atomic E-state index is 0.128. The lowest BCUT2D eigenvalue weighted by Gasteiger charge is -2.11. The van der Waals surface area contributed by atoms with Gasteiger partial charge in [0.05, 0.1) is 16.1 Å². The van der Waals surface area contributed by atoms with E-state index in [1.807, 2.05) is 24.4 Å². The molecule has 0 radical (unpaired) electrons. The van der Waals surface area contributed by atoms with E-state index in [1.165, 1.54) is 11.3 Å². The van der Waals surface area contributed by atoms with Crippen LogP contribution in [0.3, 0.4) is 0 Å².